The molecule has 3 fully saturated rings. The number of piperazine rings is 2. The van der Waals surface area contributed by atoms with E-state index >= 15 is 0 Å². The number of hydrogen-bond acceptors (Lipinski definition) is 4. The van der Waals surface area contributed by atoms with Crippen molar-refractivity contribution in [3.05, 3.63) is 0 Å². The first kappa shape index (κ1) is 22.8. The third-order valence-electron chi connectivity index (χ3n) is 7.48. The molecule has 0 radical (unpaired) electrons. The molecule has 0 saturated carbocycles. The lowest BCUT2D eigenvalue weighted by molar-refractivity contribution is 0.0886. The summed E-state index contributed by atoms with van der Waals surface area (Å²) in [5, 5.41) is 0. The van der Waals surface area contributed by atoms with Crippen LogP contribution < -0.4 is 0 Å². The highest BCUT2D eigenvalue weighted by Gasteiger charge is 2.29. The van der Waals surface area contributed by atoms with Crippen molar-refractivity contribution in [1.29, 1.82) is 0 Å². The lowest BCUT2D eigenvalue weighted by Crippen LogP contribution is -2.54. The van der Waals surface area contributed by atoms with E-state index in [0.29, 0.717) is 6.04 Å². The minimum atomic E-state index is 0.287. The van der Waals surface area contributed by atoms with Crippen LogP contribution in [0.4, 0.5) is 4.79 Å². The van der Waals surface area contributed by atoms with Crippen LogP contribution in [0.5, 0.6) is 0 Å². The maximum absolute atomic E-state index is 12.9. The summed E-state index contributed by atoms with van der Waals surface area (Å²) in [6.07, 6.45) is 3.60. The Kier molecular flexibility index (Phi) is 8.63. The summed E-state index contributed by atoms with van der Waals surface area (Å²) >= 11 is 0. The predicted octanol–water partition coefficient (Wildman–Crippen LogP) is 2.51. The van der Waals surface area contributed by atoms with Crippen LogP contribution in [-0.4, -0.2) is 115 Å². The molecule has 6 heteroatoms. The molecule has 0 spiro atoms. The number of hydrogen-bond donors (Lipinski definition) is 0. The van der Waals surface area contributed by atoms with Gasteiger partial charge in [-0.3, -0.25) is 9.80 Å². The molecular weight excluding hydrogens is 362 g/mol. The van der Waals surface area contributed by atoms with Crippen molar-refractivity contribution < 1.29 is 4.79 Å². The first-order valence-electron chi connectivity index (χ1n) is 12.2. The lowest BCUT2D eigenvalue weighted by Gasteiger charge is -2.40. The zero-order valence-electron chi connectivity index (χ0n) is 19.5. The van der Waals surface area contributed by atoms with Gasteiger partial charge >= 0.3 is 6.03 Å². The van der Waals surface area contributed by atoms with Crippen molar-refractivity contribution in [2.75, 3.05) is 78.5 Å². The fourth-order valence-corrected chi connectivity index (χ4v) is 5.14. The highest BCUT2D eigenvalue weighted by molar-refractivity contribution is 5.74. The van der Waals surface area contributed by atoms with Gasteiger partial charge in [-0.25, -0.2) is 4.79 Å². The molecule has 0 atom stereocenters. The summed E-state index contributed by atoms with van der Waals surface area (Å²) in [5.74, 6) is 1.54. The monoisotopic (exact) mass is 407 g/mol. The zero-order valence-corrected chi connectivity index (χ0v) is 19.5. The van der Waals surface area contributed by atoms with Crippen LogP contribution in [0.1, 0.15) is 47.0 Å². The molecule has 0 unspecified atom stereocenters. The maximum Gasteiger partial charge on any atom is 0.320 e. The number of likely N-dealkylation sites (tertiary alicyclic amines) is 1. The van der Waals surface area contributed by atoms with Crippen LogP contribution >= 0.6 is 0 Å². The van der Waals surface area contributed by atoms with Gasteiger partial charge in [0.15, 0.2) is 0 Å². The van der Waals surface area contributed by atoms with Crippen LogP contribution in [0.3, 0.4) is 0 Å². The number of urea groups is 1. The van der Waals surface area contributed by atoms with E-state index in [1.54, 1.807) is 0 Å². The Morgan fingerprint density at radius 3 is 1.69 bits per heavy atom. The largest absolute Gasteiger partial charge is 0.325 e. The van der Waals surface area contributed by atoms with Crippen molar-refractivity contribution in [3.63, 3.8) is 0 Å². The second-order valence-corrected chi connectivity index (χ2v) is 10.0. The SMILES string of the molecule is CC(C)C1CCN(C(=O)N2CCN(CCCN3CCN(C(C)C)CC3)CC2)CC1. The third-order valence-corrected chi connectivity index (χ3v) is 7.48. The summed E-state index contributed by atoms with van der Waals surface area (Å²) < 4.78 is 0. The summed E-state index contributed by atoms with van der Waals surface area (Å²) in [5.41, 5.74) is 0. The van der Waals surface area contributed by atoms with Crippen molar-refractivity contribution in [1.82, 2.24) is 24.5 Å². The summed E-state index contributed by atoms with van der Waals surface area (Å²) in [6, 6.07) is 0.965. The van der Waals surface area contributed by atoms with Gasteiger partial charge in [-0.2, -0.15) is 0 Å². The standard InChI is InChI=1S/C23H45N5O/c1-20(2)22-6-10-27(11-7-22)23(29)28-18-14-25(15-19-28)9-5-8-24-12-16-26(17-13-24)21(3)4/h20-22H,5-19H2,1-4H3. The van der Waals surface area contributed by atoms with E-state index < -0.39 is 0 Å². The highest BCUT2D eigenvalue weighted by Crippen LogP contribution is 2.25. The van der Waals surface area contributed by atoms with Crippen molar-refractivity contribution in [2.45, 2.75) is 53.0 Å². The molecule has 3 heterocycles. The Hall–Kier alpha value is -0.850. The Morgan fingerprint density at radius 2 is 1.21 bits per heavy atom. The molecule has 3 rings (SSSR count). The minimum Gasteiger partial charge on any atom is -0.325 e. The van der Waals surface area contributed by atoms with Gasteiger partial charge in [0.25, 0.3) is 0 Å². The first-order valence-corrected chi connectivity index (χ1v) is 12.2. The smallest absolute Gasteiger partial charge is 0.320 e. The molecule has 3 aliphatic rings. The second kappa shape index (κ2) is 11.0. The number of nitrogens with zero attached hydrogens (tertiary/aromatic N) is 5. The van der Waals surface area contributed by atoms with Crippen LogP contribution in [0.25, 0.3) is 0 Å². The van der Waals surface area contributed by atoms with Crippen molar-refractivity contribution >= 4 is 6.03 Å². The Balaban J connectivity index is 1.28. The van der Waals surface area contributed by atoms with Crippen molar-refractivity contribution in [2.24, 2.45) is 11.8 Å². The van der Waals surface area contributed by atoms with Gasteiger partial charge in [0.2, 0.25) is 0 Å². The highest BCUT2D eigenvalue weighted by atomic mass is 16.2. The fourth-order valence-electron chi connectivity index (χ4n) is 5.14. The lowest BCUT2D eigenvalue weighted by atomic mass is 9.87. The zero-order chi connectivity index (χ0) is 20.8. The predicted molar refractivity (Wildman–Crippen MR) is 120 cm³/mol. The van der Waals surface area contributed by atoms with E-state index in [9.17, 15) is 4.79 Å². The van der Waals surface area contributed by atoms with Gasteiger partial charge in [-0.05, 0) is 58.0 Å². The van der Waals surface area contributed by atoms with Gasteiger partial charge in [-0.15, -0.1) is 0 Å². The number of carbonyl (C=O) groups is 1. The average molecular weight is 408 g/mol. The summed E-state index contributed by atoms with van der Waals surface area (Å²) in [6.45, 7) is 22.2. The number of amides is 2. The Morgan fingerprint density at radius 1 is 0.724 bits per heavy atom. The van der Waals surface area contributed by atoms with Gasteiger partial charge in [0.1, 0.15) is 0 Å². The summed E-state index contributed by atoms with van der Waals surface area (Å²) in [7, 11) is 0. The number of rotatable bonds is 6. The molecule has 29 heavy (non-hydrogen) atoms. The molecule has 6 nitrogen and oxygen atoms in total. The fraction of sp³-hybridized carbons (Fsp3) is 0.957. The van der Waals surface area contributed by atoms with Gasteiger partial charge in [0.05, 0.1) is 0 Å². The Bertz CT molecular complexity index is 487. The van der Waals surface area contributed by atoms with E-state index in [1.807, 2.05) is 0 Å². The Labute approximate surface area is 179 Å². The molecule has 3 aliphatic heterocycles. The molecule has 0 N–H and O–H groups in total. The van der Waals surface area contributed by atoms with Crippen LogP contribution in [0, 0.1) is 11.8 Å². The van der Waals surface area contributed by atoms with Gasteiger partial charge in [0, 0.05) is 71.5 Å². The van der Waals surface area contributed by atoms with Gasteiger partial charge < -0.3 is 14.7 Å². The van der Waals surface area contributed by atoms with Crippen molar-refractivity contribution in [3.8, 4) is 0 Å². The van der Waals surface area contributed by atoms with Gasteiger partial charge in [-0.1, -0.05) is 13.8 Å². The normalized spacial score (nSPS) is 24.1. The first-order chi connectivity index (χ1) is 13.9. The molecular formula is C23H45N5O. The third kappa shape index (κ3) is 6.56. The molecule has 2 amide bonds. The number of piperidine rings is 1. The quantitative estimate of drug-likeness (QED) is 0.677. The van der Waals surface area contributed by atoms with Crippen LogP contribution in [0.2, 0.25) is 0 Å². The maximum atomic E-state index is 12.9. The molecule has 3 saturated heterocycles. The van der Waals surface area contributed by atoms with Crippen LogP contribution in [-0.2, 0) is 0 Å². The van der Waals surface area contributed by atoms with E-state index in [1.165, 1.54) is 58.5 Å². The molecule has 0 aromatic carbocycles. The van der Waals surface area contributed by atoms with Crippen LogP contribution in [0.15, 0.2) is 0 Å². The van der Waals surface area contributed by atoms with E-state index in [4.69, 9.17) is 0 Å². The average Bonchev–Trinajstić information content (AvgIpc) is 2.74. The molecule has 0 aromatic heterocycles. The molecule has 0 aromatic rings. The van der Waals surface area contributed by atoms with E-state index in [-0.39, 0.29) is 6.03 Å². The topological polar surface area (TPSA) is 33.3 Å². The van der Waals surface area contributed by atoms with E-state index in [2.05, 4.69) is 52.2 Å². The second-order valence-electron chi connectivity index (χ2n) is 10.0. The summed E-state index contributed by atoms with van der Waals surface area (Å²) in [4.78, 5) is 24.8. The number of carbonyl (C=O) groups excluding carboxylic acids is 1. The minimum absolute atomic E-state index is 0.287. The molecule has 0 bridgehead atoms. The molecule has 168 valence electrons. The molecule has 0 aliphatic carbocycles. The van der Waals surface area contributed by atoms with E-state index in [0.717, 1.165) is 51.1 Å².